The Hall–Kier alpha value is -3.31. The number of benzene rings is 3. The summed E-state index contributed by atoms with van der Waals surface area (Å²) in [5, 5.41) is 8.36. The quantitative estimate of drug-likeness (QED) is 0.138. The van der Waals surface area contributed by atoms with Gasteiger partial charge in [0.25, 0.3) is 0 Å². The minimum absolute atomic E-state index is 0.0459. The maximum atomic E-state index is 13.2. The van der Waals surface area contributed by atoms with Crippen LogP contribution in [0, 0.1) is 5.41 Å². The van der Waals surface area contributed by atoms with E-state index in [0.717, 1.165) is 28.0 Å². The summed E-state index contributed by atoms with van der Waals surface area (Å²) in [7, 11) is -3.80. The number of amidine groups is 1. The molecule has 0 spiro atoms. The Bertz CT molecular complexity index is 1420. The number of nitrogen functional groups attached to an aromatic ring is 1. The highest BCUT2D eigenvalue weighted by atomic mass is 32.2. The van der Waals surface area contributed by atoms with E-state index in [1.165, 1.54) is 11.3 Å². The van der Waals surface area contributed by atoms with Crippen LogP contribution in [-0.2, 0) is 16.4 Å². The molecule has 1 heterocycles. The van der Waals surface area contributed by atoms with Gasteiger partial charge in [0.1, 0.15) is 16.6 Å². The summed E-state index contributed by atoms with van der Waals surface area (Å²) in [6.45, 7) is 1.08. The van der Waals surface area contributed by atoms with Crippen molar-refractivity contribution in [2.45, 2.75) is 23.8 Å². The number of fused-ring (bicyclic) bond motifs is 1. The molecule has 0 aliphatic rings. The summed E-state index contributed by atoms with van der Waals surface area (Å²) in [5.41, 5.74) is 13.4. The number of sulfonamides is 1. The number of nitrogens with zero attached hydrogens (tertiary/aromatic N) is 1. The monoisotopic (exact) mass is 509 g/mol. The van der Waals surface area contributed by atoms with E-state index in [4.69, 9.17) is 26.6 Å². The first-order valence-corrected chi connectivity index (χ1v) is 13.4. The van der Waals surface area contributed by atoms with Crippen LogP contribution in [0.1, 0.15) is 28.6 Å². The molecule has 0 bridgehead atoms. The number of nitrogens with two attached hydrogens (primary N) is 2. The zero-order valence-electron chi connectivity index (χ0n) is 19.0. The van der Waals surface area contributed by atoms with Crippen LogP contribution in [0.3, 0.4) is 0 Å². The van der Waals surface area contributed by atoms with E-state index in [0.29, 0.717) is 30.1 Å². The number of nitrogens with one attached hydrogen (secondary N) is 2. The van der Waals surface area contributed by atoms with Crippen LogP contribution < -0.4 is 20.9 Å². The lowest BCUT2D eigenvalue weighted by Gasteiger charge is -2.17. The Balaban J connectivity index is 1.68. The van der Waals surface area contributed by atoms with Crippen molar-refractivity contribution in [1.29, 1.82) is 5.41 Å². The number of aromatic nitrogens is 1. The first kappa shape index (κ1) is 24.8. The van der Waals surface area contributed by atoms with Gasteiger partial charge in [0.15, 0.2) is 0 Å². The van der Waals surface area contributed by atoms with E-state index in [1.807, 2.05) is 24.3 Å². The maximum absolute atomic E-state index is 13.2. The van der Waals surface area contributed by atoms with Crippen LogP contribution in [0.4, 0.5) is 0 Å². The van der Waals surface area contributed by atoms with Gasteiger partial charge >= 0.3 is 0 Å². The van der Waals surface area contributed by atoms with Crippen molar-refractivity contribution in [3.05, 3.63) is 88.9 Å². The third kappa shape index (κ3) is 6.23. The highest BCUT2D eigenvalue weighted by molar-refractivity contribution is 7.89. The SMILES string of the molecule is N=C(N)c1cccc(CC(NS(=O)(=O)c2ccccc2)c2nc3ccc(OCCCN)cc3s2)c1. The second kappa shape index (κ2) is 11.0. The van der Waals surface area contributed by atoms with Crippen LogP contribution in [0.15, 0.2) is 77.7 Å². The molecule has 0 aliphatic heterocycles. The molecule has 6 N–H and O–H groups in total. The molecule has 0 saturated heterocycles. The Morgan fingerprint density at radius 2 is 1.89 bits per heavy atom. The van der Waals surface area contributed by atoms with Crippen molar-refractivity contribution in [2.75, 3.05) is 13.2 Å². The second-order valence-corrected chi connectivity index (χ2v) is 10.8. The Morgan fingerprint density at radius 1 is 1.09 bits per heavy atom. The lowest BCUT2D eigenvalue weighted by Crippen LogP contribution is -2.30. The minimum atomic E-state index is -3.80. The molecule has 1 unspecified atom stereocenters. The number of rotatable bonds is 11. The maximum Gasteiger partial charge on any atom is 0.241 e. The zero-order chi connectivity index (χ0) is 24.8. The second-order valence-electron chi connectivity index (χ2n) is 7.98. The minimum Gasteiger partial charge on any atom is -0.493 e. The predicted molar refractivity (Wildman–Crippen MR) is 139 cm³/mol. The van der Waals surface area contributed by atoms with Gasteiger partial charge in [-0.15, -0.1) is 11.3 Å². The normalized spacial score (nSPS) is 12.5. The molecule has 0 radical (unpaired) electrons. The number of thiazole rings is 1. The van der Waals surface area contributed by atoms with Crippen LogP contribution >= 0.6 is 11.3 Å². The van der Waals surface area contributed by atoms with Crippen LogP contribution in [0.25, 0.3) is 10.2 Å². The van der Waals surface area contributed by atoms with Gasteiger partial charge in [-0.2, -0.15) is 0 Å². The van der Waals surface area contributed by atoms with Crippen molar-refractivity contribution in [3.8, 4) is 5.75 Å². The van der Waals surface area contributed by atoms with Gasteiger partial charge in [-0.25, -0.2) is 18.1 Å². The van der Waals surface area contributed by atoms with Crippen molar-refractivity contribution < 1.29 is 13.2 Å². The van der Waals surface area contributed by atoms with E-state index in [-0.39, 0.29) is 10.7 Å². The lowest BCUT2D eigenvalue weighted by atomic mass is 10.0. The highest BCUT2D eigenvalue weighted by Gasteiger charge is 2.25. The lowest BCUT2D eigenvalue weighted by molar-refractivity contribution is 0.314. The third-order valence-corrected chi connectivity index (χ3v) is 7.94. The van der Waals surface area contributed by atoms with Gasteiger partial charge in [0.05, 0.1) is 27.8 Å². The molecule has 0 aliphatic carbocycles. The molecule has 0 saturated carbocycles. The van der Waals surface area contributed by atoms with E-state index >= 15 is 0 Å². The van der Waals surface area contributed by atoms with Gasteiger partial charge in [0.2, 0.25) is 10.0 Å². The summed E-state index contributed by atoms with van der Waals surface area (Å²) in [5.74, 6) is 0.673. The van der Waals surface area contributed by atoms with E-state index in [2.05, 4.69) is 4.72 Å². The summed E-state index contributed by atoms with van der Waals surface area (Å²) >= 11 is 1.41. The van der Waals surface area contributed by atoms with Crippen LogP contribution in [0.2, 0.25) is 0 Å². The summed E-state index contributed by atoms with van der Waals surface area (Å²) < 4.78 is 35.8. The molecule has 1 aromatic heterocycles. The van der Waals surface area contributed by atoms with Gasteiger partial charge in [-0.1, -0.05) is 36.4 Å². The number of hydrogen-bond donors (Lipinski definition) is 4. The number of ether oxygens (including phenoxy) is 1. The molecule has 4 aromatic rings. The standard InChI is InChI=1S/C25H27N5O3S2/c26-12-5-13-33-19-10-11-21-23(16-19)34-25(29-21)22(15-17-6-4-7-18(14-17)24(27)28)30-35(31,32)20-8-2-1-3-9-20/h1-4,6-11,14,16,22,30H,5,12-13,15,26H2,(H3,27,28). The Kier molecular flexibility index (Phi) is 7.76. The zero-order valence-corrected chi connectivity index (χ0v) is 20.6. The molecule has 1 atom stereocenters. The first-order valence-electron chi connectivity index (χ1n) is 11.1. The van der Waals surface area contributed by atoms with Gasteiger partial charge in [-0.3, -0.25) is 5.41 Å². The molecule has 10 heteroatoms. The highest BCUT2D eigenvalue weighted by Crippen LogP contribution is 2.32. The molecule has 3 aromatic carbocycles. The average molecular weight is 510 g/mol. The van der Waals surface area contributed by atoms with Gasteiger partial charge in [-0.05, 0) is 61.3 Å². The van der Waals surface area contributed by atoms with Crippen molar-refractivity contribution in [2.24, 2.45) is 11.5 Å². The molecule has 182 valence electrons. The largest absolute Gasteiger partial charge is 0.493 e. The fourth-order valence-corrected chi connectivity index (χ4v) is 5.91. The van der Waals surface area contributed by atoms with Gasteiger partial charge < -0.3 is 16.2 Å². The smallest absolute Gasteiger partial charge is 0.241 e. The van der Waals surface area contributed by atoms with Crippen LogP contribution in [-0.4, -0.2) is 32.4 Å². The molecule has 8 nitrogen and oxygen atoms in total. The number of hydrogen-bond acceptors (Lipinski definition) is 7. The molecular weight excluding hydrogens is 482 g/mol. The van der Waals surface area contributed by atoms with Crippen molar-refractivity contribution in [1.82, 2.24) is 9.71 Å². The van der Waals surface area contributed by atoms with Crippen LogP contribution in [0.5, 0.6) is 5.75 Å². The predicted octanol–water partition coefficient (Wildman–Crippen LogP) is 3.57. The van der Waals surface area contributed by atoms with Crippen molar-refractivity contribution in [3.63, 3.8) is 0 Å². The Labute approximate surface area is 208 Å². The topological polar surface area (TPSA) is 144 Å². The molecule has 0 amide bonds. The van der Waals surface area contributed by atoms with E-state index < -0.39 is 16.1 Å². The summed E-state index contributed by atoms with van der Waals surface area (Å²) in [6, 6.07) is 20.5. The molecular formula is C25H27N5O3S2. The Morgan fingerprint density at radius 3 is 2.63 bits per heavy atom. The molecule has 0 fully saturated rings. The third-order valence-electron chi connectivity index (χ3n) is 5.32. The molecule has 4 rings (SSSR count). The van der Waals surface area contributed by atoms with Crippen molar-refractivity contribution >= 4 is 37.4 Å². The van der Waals surface area contributed by atoms with E-state index in [1.54, 1.807) is 48.5 Å². The fourth-order valence-electron chi connectivity index (χ4n) is 3.57. The molecule has 35 heavy (non-hydrogen) atoms. The summed E-state index contributed by atoms with van der Waals surface area (Å²) in [6.07, 6.45) is 1.10. The fraction of sp³-hybridized carbons (Fsp3) is 0.200. The first-order chi connectivity index (χ1) is 16.9. The summed E-state index contributed by atoms with van der Waals surface area (Å²) in [4.78, 5) is 4.91. The van der Waals surface area contributed by atoms with Gasteiger partial charge in [0, 0.05) is 5.56 Å². The average Bonchev–Trinajstić information content (AvgIpc) is 3.28. The van der Waals surface area contributed by atoms with E-state index in [9.17, 15) is 8.42 Å².